The van der Waals surface area contributed by atoms with Crippen LogP contribution in [0.3, 0.4) is 0 Å². The molecule has 1 heterocycles. The van der Waals surface area contributed by atoms with Crippen LogP contribution in [0.15, 0.2) is 23.4 Å². The molecule has 1 rings (SSSR count). The highest BCUT2D eigenvalue weighted by Gasteiger charge is 2.24. The van der Waals surface area contributed by atoms with Crippen LogP contribution >= 0.6 is 21.6 Å². The van der Waals surface area contributed by atoms with Gasteiger partial charge in [-0.3, -0.25) is 38.5 Å². The monoisotopic (exact) mass is 981 g/mol. The standard InChI is InChI=1S/C46H84N12O7S2/c1-10-11-12-17-30-66-67-39-22-27-47-31-36(39)46(65)58(28-18-25-50-44(63)37(52-42(61)34-56(6)7)20-13-15-23-48-40(59)32-54(2)3)29-19-26-51-45(64)38(53-43(62)35-57(8)9)21-14-16-24-49-41(60)33-55(4)5/h22,27,31,37-38H,10-21,23-26,28-30,32-35H2,1-9H3,(H,48,59)(H,49,60)(H,50,63)(H,51,64)(H,52,61)(H,53,62)/t37-,38?/m0/s1. The molecule has 7 amide bonds. The van der Waals surface area contributed by atoms with Gasteiger partial charge in [-0.25, -0.2) is 0 Å². The van der Waals surface area contributed by atoms with Gasteiger partial charge in [0.1, 0.15) is 12.1 Å². The Morgan fingerprint density at radius 1 is 0.552 bits per heavy atom. The van der Waals surface area contributed by atoms with Gasteiger partial charge in [0, 0.05) is 62.3 Å². The number of carbonyl (C=O) groups is 7. The normalized spacial score (nSPS) is 12.2. The summed E-state index contributed by atoms with van der Waals surface area (Å²) in [6.45, 7) is 5.01. The number of hydrogen-bond donors (Lipinski definition) is 6. The smallest absolute Gasteiger partial charge is 0.256 e. The second-order valence-corrected chi connectivity index (χ2v) is 20.3. The van der Waals surface area contributed by atoms with E-state index < -0.39 is 12.1 Å². The zero-order valence-electron chi connectivity index (χ0n) is 42.0. The van der Waals surface area contributed by atoms with Gasteiger partial charge in [0.05, 0.1) is 31.7 Å². The van der Waals surface area contributed by atoms with Gasteiger partial charge in [-0.05, 0) is 120 Å². The fourth-order valence-electron chi connectivity index (χ4n) is 6.68. The van der Waals surface area contributed by atoms with Gasteiger partial charge in [0.25, 0.3) is 5.91 Å². The molecule has 2 atom stereocenters. The molecule has 0 fully saturated rings. The van der Waals surface area contributed by atoms with Crippen LogP contribution in [0, 0.1) is 0 Å². The minimum Gasteiger partial charge on any atom is -0.355 e. The lowest BCUT2D eigenvalue weighted by Crippen LogP contribution is -2.49. The van der Waals surface area contributed by atoms with Crippen LogP contribution in [0.4, 0.5) is 0 Å². The molecule has 0 saturated heterocycles. The molecule has 19 nitrogen and oxygen atoms in total. The highest BCUT2D eigenvalue weighted by atomic mass is 33.1. The van der Waals surface area contributed by atoms with Crippen molar-refractivity contribution in [3.8, 4) is 0 Å². The summed E-state index contributed by atoms with van der Waals surface area (Å²) in [5, 5.41) is 17.4. The Kier molecular flexibility index (Phi) is 33.6. The van der Waals surface area contributed by atoms with E-state index >= 15 is 0 Å². The summed E-state index contributed by atoms with van der Waals surface area (Å²) in [5.41, 5.74) is 0.477. The molecule has 67 heavy (non-hydrogen) atoms. The summed E-state index contributed by atoms with van der Waals surface area (Å²) in [6, 6.07) is 0.304. The van der Waals surface area contributed by atoms with Crippen LogP contribution in [0.25, 0.3) is 0 Å². The van der Waals surface area contributed by atoms with E-state index in [4.69, 9.17) is 0 Å². The maximum absolute atomic E-state index is 14.3. The molecule has 382 valence electrons. The molecule has 0 aliphatic carbocycles. The van der Waals surface area contributed by atoms with E-state index in [1.807, 2.05) is 34.3 Å². The number of amides is 7. The number of carbonyl (C=O) groups excluding carboxylic acids is 7. The van der Waals surface area contributed by atoms with E-state index in [1.54, 1.807) is 86.7 Å². The Hall–Kier alpha value is -4.02. The average molecular weight is 981 g/mol. The van der Waals surface area contributed by atoms with E-state index in [9.17, 15) is 33.6 Å². The predicted octanol–water partition coefficient (Wildman–Crippen LogP) is 1.65. The third-order valence-electron chi connectivity index (χ3n) is 9.96. The van der Waals surface area contributed by atoms with E-state index in [-0.39, 0.29) is 80.6 Å². The maximum Gasteiger partial charge on any atom is 0.256 e. The summed E-state index contributed by atoms with van der Waals surface area (Å²) in [7, 11) is 17.7. The minimum absolute atomic E-state index is 0.0805. The molecule has 0 bridgehead atoms. The Morgan fingerprint density at radius 3 is 1.45 bits per heavy atom. The third-order valence-corrected chi connectivity index (χ3v) is 12.5. The Morgan fingerprint density at radius 2 is 1.00 bits per heavy atom. The molecule has 1 aromatic heterocycles. The summed E-state index contributed by atoms with van der Waals surface area (Å²) in [6.07, 6.45) is 12.0. The second-order valence-electron chi connectivity index (χ2n) is 17.8. The largest absolute Gasteiger partial charge is 0.355 e. The average Bonchev–Trinajstić information content (AvgIpc) is 3.24. The van der Waals surface area contributed by atoms with Crippen molar-refractivity contribution in [1.82, 2.24) is 61.4 Å². The van der Waals surface area contributed by atoms with E-state index in [0.29, 0.717) is 83.1 Å². The SMILES string of the molecule is CCCCCCSSc1ccncc1C(=O)N(CCCNC(=O)C(CCCCNC(=O)CN(C)C)NC(=O)CN(C)C)CCCNC(=O)[C@H](CCCCNC(=O)CN(C)C)NC(=O)CN(C)C. The molecule has 0 aromatic carbocycles. The lowest BCUT2D eigenvalue weighted by molar-refractivity contribution is -0.129. The van der Waals surface area contributed by atoms with Crippen molar-refractivity contribution >= 4 is 62.9 Å². The van der Waals surface area contributed by atoms with Crippen molar-refractivity contribution in [2.24, 2.45) is 0 Å². The topological polar surface area (TPSA) is 221 Å². The van der Waals surface area contributed by atoms with Crippen LogP contribution in [0.1, 0.15) is 94.3 Å². The van der Waals surface area contributed by atoms with Crippen molar-refractivity contribution in [1.29, 1.82) is 0 Å². The number of nitrogens with one attached hydrogen (secondary N) is 6. The van der Waals surface area contributed by atoms with Crippen molar-refractivity contribution in [3.63, 3.8) is 0 Å². The first-order chi connectivity index (χ1) is 31.9. The van der Waals surface area contributed by atoms with E-state index in [0.717, 1.165) is 29.9 Å². The highest BCUT2D eigenvalue weighted by Crippen LogP contribution is 2.34. The van der Waals surface area contributed by atoms with Gasteiger partial charge in [-0.2, -0.15) is 0 Å². The van der Waals surface area contributed by atoms with Crippen LogP contribution < -0.4 is 31.9 Å². The van der Waals surface area contributed by atoms with Crippen LogP contribution in [-0.4, -0.2) is 210 Å². The quantitative estimate of drug-likeness (QED) is 0.0410. The molecule has 1 aromatic rings. The van der Waals surface area contributed by atoms with Gasteiger partial charge < -0.3 is 56.4 Å². The zero-order valence-corrected chi connectivity index (χ0v) is 43.6. The fourth-order valence-corrected chi connectivity index (χ4v) is 8.98. The van der Waals surface area contributed by atoms with Gasteiger partial charge in [-0.1, -0.05) is 47.8 Å². The second kappa shape index (κ2) is 36.9. The summed E-state index contributed by atoms with van der Waals surface area (Å²) >= 11 is 0. The minimum atomic E-state index is -0.772. The van der Waals surface area contributed by atoms with Crippen LogP contribution in [0.5, 0.6) is 0 Å². The van der Waals surface area contributed by atoms with Gasteiger partial charge in [0.15, 0.2) is 0 Å². The molecule has 0 spiro atoms. The van der Waals surface area contributed by atoms with Crippen molar-refractivity contribution in [2.75, 3.05) is 128 Å². The number of unbranched alkanes of at least 4 members (excludes halogenated alkanes) is 5. The lowest BCUT2D eigenvalue weighted by atomic mass is 10.1. The molecule has 1 unspecified atom stereocenters. The van der Waals surface area contributed by atoms with Crippen molar-refractivity contribution < 1.29 is 33.6 Å². The number of likely N-dealkylation sites (N-methyl/N-ethyl adjacent to an activating group) is 4. The zero-order chi connectivity index (χ0) is 50.0. The Bertz CT molecular complexity index is 1540. The molecule has 0 radical (unpaired) electrons. The summed E-state index contributed by atoms with van der Waals surface area (Å²) in [5.74, 6) is -0.622. The summed E-state index contributed by atoms with van der Waals surface area (Å²) < 4.78 is 0. The van der Waals surface area contributed by atoms with Crippen molar-refractivity contribution in [2.45, 2.75) is 101 Å². The Balaban J connectivity index is 3.06. The number of aromatic nitrogens is 1. The highest BCUT2D eigenvalue weighted by molar-refractivity contribution is 8.76. The molecule has 0 saturated carbocycles. The maximum atomic E-state index is 14.3. The number of pyridine rings is 1. The number of hydrogen-bond acceptors (Lipinski definition) is 14. The Labute approximate surface area is 408 Å². The molecule has 6 N–H and O–H groups in total. The first-order valence-corrected chi connectivity index (χ1v) is 26.0. The van der Waals surface area contributed by atoms with E-state index in [1.165, 1.54) is 6.42 Å². The van der Waals surface area contributed by atoms with Crippen molar-refractivity contribution in [3.05, 3.63) is 24.0 Å². The predicted molar refractivity (Wildman–Crippen MR) is 270 cm³/mol. The molecule has 21 heteroatoms. The van der Waals surface area contributed by atoms with Gasteiger partial charge in [-0.15, -0.1) is 0 Å². The van der Waals surface area contributed by atoms with E-state index in [2.05, 4.69) is 43.8 Å². The first kappa shape index (κ1) is 61.0. The van der Waals surface area contributed by atoms with Crippen LogP contribution in [0.2, 0.25) is 0 Å². The van der Waals surface area contributed by atoms with Gasteiger partial charge >= 0.3 is 0 Å². The fraction of sp³-hybridized carbons (Fsp3) is 0.739. The molecule has 0 aliphatic heterocycles. The third kappa shape index (κ3) is 30.9. The molecule has 0 aliphatic rings. The molecular weight excluding hydrogens is 897 g/mol. The number of rotatable bonds is 38. The first-order valence-electron chi connectivity index (χ1n) is 23.7. The summed E-state index contributed by atoms with van der Waals surface area (Å²) in [4.78, 5) is 105. The lowest BCUT2D eigenvalue weighted by Gasteiger charge is -2.25. The molecular formula is C46H84N12O7S2. The number of nitrogens with zero attached hydrogens (tertiary/aromatic N) is 6. The van der Waals surface area contributed by atoms with Gasteiger partial charge in [0.2, 0.25) is 35.4 Å². The van der Waals surface area contributed by atoms with Crippen LogP contribution in [-0.2, 0) is 28.8 Å².